The predicted octanol–water partition coefficient (Wildman–Crippen LogP) is 3.15. The molecule has 0 fully saturated rings. The second kappa shape index (κ2) is 7.56. The number of rotatable bonds is 5. The summed E-state index contributed by atoms with van der Waals surface area (Å²) in [5, 5.41) is 22.4. The Kier molecular flexibility index (Phi) is 5.26. The molecule has 0 heterocycles. The second-order valence-electron chi connectivity index (χ2n) is 4.70. The number of benzene rings is 2. The highest BCUT2D eigenvalue weighted by Crippen LogP contribution is 2.18. The largest absolute Gasteiger partial charge is 0.497 e. The van der Waals surface area contributed by atoms with Gasteiger partial charge < -0.3 is 10.1 Å². The number of nitro benzene ring substituents is 1. The minimum atomic E-state index is -0.645. The molecule has 0 spiro atoms. The standard InChI is InChI=1S/C17H13N3O4/c1-24-16-7-5-12(6-8-16)9-13(11-18)17(21)19-14-3-2-4-15(10-14)20(22)23/h2-10H,1H3,(H,19,21)/b13-9-. The average Bonchev–Trinajstić information content (AvgIpc) is 2.60. The number of hydrogen-bond acceptors (Lipinski definition) is 5. The number of nitrogens with zero attached hydrogens (tertiary/aromatic N) is 2. The summed E-state index contributed by atoms with van der Waals surface area (Å²) in [5.74, 6) is 0.0144. The number of non-ortho nitro benzene ring substituents is 1. The van der Waals surface area contributed by atoms with Gasteiger partial charge in [-0.25, -0.2) is 0 Å². The fraction of sp³-hybridized carbons (Fsp3) is 0.0588. The van der Waals surface area contributed by atoms with Crippen molar-refractivity contribution in [2.24, 2.45) is 0 Å². The molecule has 0 aliphatic heterocycles. The third-order valence-corrected chi connectivity index (χ3v) is 3.11. The molecule has 0 atom stereocenters. The van der Waals surface area contributed by atoms with Crippen LogP contribution in [0.3, 0.4) is 0 Å². The van der Waals surface area contributed by atoms with Gasteiger partial charge in [0.2, 0.25) is 0 Å². The monoisotopic (exact) mass is 323 g/mol. The zero-order valence-corrected chi connectivity index (χ0v) is 12.7. The number of carbonyl (C=O) groups excluding carboxylic acids is 1. The summed E-state index contributed by atoms with van der Waals surface area (Å²) in [4.78, 5) is 22.3. The molecule has 2 rings (SSSR count). The van der Waals surface area contributed by atoms with E-state index in [-0.39, 0.29) is 16.9 Å². The van der Waals surface area contributed by atoms with Gasteiger partial charge in [-0.15, -0.1) is 0 Å². The van der Waals surface area contributed by atoms with Crippen molar-refractivity contribution in [2.75, 3.05) is 12.4 Å². The summed E-state index contributed by atoms with van der Waals surface area (Å²) in [6, 6.07) is 14.1. The maximum absolute atomic E-state index is 12.2. The lowest BCUT2D eigenvalue weighted by molar-refractivity contribution is -0.384. The van der Waals surface area contributed by atoms with E-state index in [1.165, 1.54) is 37.5 Å². The molecule has 2 aromatic rings. The van der Waals surface area contributed by atoms with Crippen LogP contribution in [0.1, 0.15) is 5.56 Å². The Morgan fingerprint density at radius 3 is 2.58 bits per heavy atom. The van der Waals surface area contributed by atoms with Crippen molar-refractivity contribution in [1.29, 1.82) is 5.26 Å². The molecule has 0 saturated carbocycles. The Hall–Kier alpha value is -3.66. The molecule has 0 bridgehead atoms. The van der Waals surface area contributed by atoms with E-state index >= 15 is 0 Å². The van der Waals surface area contributed by atoms with E-state index in [1.807, 2.05) is 6.07 Å². The molecule has 0 aliphatic rings. The van der Waals surface area contributed by atoms with E-state index in [0.29, 0.717) is 11.3 Å². The molecule has 7 nitrogen and oxygen atoms in total. The van der Waals surface area contributed by atoms with Gasteiger partial charge in [-0.05, 0) is 29.8 Å². The quantitative estimate of drug-likeness (QED) is 0.394. The highest BCUT2D eigenvalue weighted by Gasteiger charge is 2.12. The highest BCUT2D eigenvalue weighted by atomic mass is 16.6. The lowest BCUT2D eigenvalue weighted by Gasteiger charge is -2.04. The van der Waals surface area contributed by atoms with Crippen molar-refractivity contribution >= 4 is 23.4 Å². The van der Waals surface area contributed by atoms with Crippen LogP contribution in [-0.2, 0) is 4.79 Å². The van der Waals surface area contributed by atoms with Crippen LogP contribution >= 0.6 is 0 Å². The molecular weight excluding hydrogens is 310 g/mol. The van der Waals surface area contributed by atoms with Gasteiger partial charge in [0.25, 0.3) is 11.6 Å². The van der Waals surface area contributed by atoms with Gasteiger partial charge in [-0.3, -0.25) is 14.9 Å². The van der Waals surface area contributed by atoms with E-state index in [1.54, 1.807) is 24.3 Å². The van der Waals surface area contributed by atoms with Crippen molar-refractivity contribution in [3.8, 4) is 11.8 Å². The molecule has 24 heavy (non-hydrogen) atoms. The summed E-state index contributed by atoms with van der Waals surface area (Å²) in [5.41, 5.74) is 0.628. The number of nitriles is 1. The first-order chi connectivity index (χ1) is 11.5. The average molecular weight is 323 g/mol. The molecular formula is C17H13N3O4. The van der Waals surface area contributed by atoms with Crippen molar-refractivity contribution < 1.29 is 14.5 Å². The molecule has 0 aliphatic carbocycles. The lowest BCUT2D eigenvalue weighted by Crippen LogP contribution is -2.13. The highest BCUT2D eigenvalue weighted by molar-refractivity contribution is 6.09. The van der Waals surface area contributed by atoms with Crippen LogP contribution in [0, 0.1) is 21.4 Å². The van der Waals surface area contributed by atoms with Crippen molar-refractivity contribution in [3.63, 3.8) is 0 Å². The van der Waals surface area contributed by atoms with Crippen LogP contribution in [-0.4, -0.2) is 17.9 Å². The summed E-state index contributed by atoms with van der Waals surface area (Å²) >= 11 is 0. The van der Waals surface area contributed by atoms with Gasteiger partial charge in [0.05, 0.1) is 12.0 Å². The van der Waals surface area contributed by atoms with Gasteiger partial charge >= 0.3 is 0 Å². The fourth-order valence-electron chi connectivity index (χ4n) is 1.91. The number of carbonyl (C=O) groups is 1. The molecule has 0 unspecified atom stereocenters. The normalized spacial score (nSPS) is 10.6. The summed E-state index contributed by atoms with van der Waals surface area (Å²) in [6.45, 7) is 0. The summed E-state index contributed by atoms with van der Waals surface area (Å²) in [6.07, 6.45) is 1.42. The number of ether oxygens (including phenoxy) is 1. The predicted molar refractivity (Wildman–Crippen MR) is 88.3 cm³/mol. The zero-order valence-electron chi connectivity index (χ0n) is 12.7. The SMILES string of the molecule is COc1ccc(/C=C(/C#N)C(=O)Nc2cccc([N+](=O)[O-])c2)cc1. The van der Waals surface area contributed by atoms with Crippen LogP contribution in [0.15, 0.2) is 54.1 Å². The first kappa shape index (κ1) is 16.7. The minimum absolute atomic E-state index is 0.119. The van der Waals surface area contributed by atoms with Crippen LogP contribution in [0.5, 0.6) is 5.75 Å². The molecule has 0 radical (unpaired) electrons. The summed E-state index contributed by atoms with van der Waals surface area (Å²) < 4.78 is 5.04. The van der Waals surface area contributed by atoms with E-state index < -0.39 is 10.8 Å². The Morgan fingerprint density at radius 1 is 1.29 bits per heavy atom. The first-order valence-electron chi connectivity index (χ1n) is 6.85. The number of amides is 1. The maximum atomic E-state index is 12.2. The minimum Gasteiger partial charge on any atom is -0.497 e. The Balaban J connectivity index is 2.19. The van der Waals surface area contributed by atoms with Crippen LogP contribution < -0.4 is 10.1 Å². The number of hydrogen-bond donors (Lipinski definition) is 1. The molecule has 1 N–H and O–H groups in total. The summed E-state index contributed by atoms with van der Waals surface area (Å²) in [7, 11) is 1.54. The zero-order chi connectivity index (χ0) is 17.5. The molecule has 0 aromatic heterocycles. The van der Waals surface area contributed by atoms with Crippen molar-refractivity contribution in [3.05, 3.63) is 69.8 Å². The number of nitro groups is 1. The van der Waals surface area contributed by atoms with Crippen LogP contribution in [0.4, 0.5) is 11.4 Å². The Labute approximate surface area is 137 Å². The van der Waals surface area contributed by atoms with Gasteiger partial charge in [0.15, 0.2) is 0 Å². The maximum Gasteiger partial charge on any atom is 0.271 e. The van der Waals surface area contributed by atoms with Crippen LogP contribution in [0.25, 0.3) is 6.08 Å². The lowest BCUT2D eigenvalue weighted by atomic mass is 10.1. The Bertz CT molecular complexity index is 836. The fourth-order valence-corrected chi connectivity index (χ4v) is 1.91. The molecule has 0 saturated heterocycles. The number of nitrogens with one attached hydrogen (secondary N) is 1. The third kappa shape index (κ3) is 4.18. The van der Waals surface area contributed by atoms with E-state index in [0.717, 1.165) is 0 Å². The van der Waals surface area contributed by atoms with Gasteiger partial charge in [0.1, 0.15) is 17.4 Å². The number of anilines is 1. The van der Waals surface area contributed by atoms with Crippen molar-refractivity contribution in [2.45, 2.75) is 0 Å². The van der Waals surface area contributed by atoms with Gasteiger partial charge in [0, 0.05) is 17.8 Å². The van der Waals surface area contributed by atoms with E-state index in [9.17, 15) is 14.9 Å². The molecule has 2 aromatic carbocycles. The molecule has 1 amide bonds. The first-order valence-corrected chi connectivity index (χ1v) is 6.85. The van der Waals surface area contributed by atoms with Gasteiger partial charge in [-0.2, -0.15) is 5.26 Å². The van der Waals surface area contributed by atoms with Gasteiger partial charge in [-0.1, -0.05) is 18.2 Å². The topological polar surface area (TPSA) is 105 Å². The molecule has 7 heteroatoms. The third-order valence-electron chi connectivity index (χ3n) is 3.11. The molecule has 120 valence electrons. The van der Waals surface area contributed by atoms with Crippen molar-refractivity contribution in [1.82, 2.24) is 0 Å². The Morgan fingerprint density at radius 2 is 2.00 bits per heavy atom. The van der Waals surface area contributed by atoms with E-state index in [2.05, 4.69) is 5.32 Å². The second-order valence-corrected chi connectivity index (χ2v) is 4.70. The smallest absolute Gasteiger partial charge is 0.271 e. The number of methoxy groups -OCH3 is 1. The van der Waals surface area contributed by atoms with E-state index in [4.69, 9.17) is 10.00 Å². The van der Waals surface area contributed by atoms with Crippen LogP contribution in [0.2, 0.25) is 0 Å².